The topological polar surface area (TPSA) is 121 Å². The van der Waals surface area contributed by atoms with Crippen LogP contribution in [-0.4, -0.2) is 44.9 Å². The number of hydrogen-bond donors (Lipinski definition) is 2. The van der Waals surface area contributed by atoms with Gasteiger partial charge in [0.05, 0.1) is 23.1 Å². The molecule has 9 heteroatoms. The van der Waals surface area contributed by atoms with Crippen LogP contribution in [0.25, 0.3) is 5.76 Å². The van der Waals surface area contributed by atoms with Crippen LogP contribution in [0.3, 0.4) is 0 Å². The Morgan fingerprint density at radius 1 is 1.18 bits per heavy atom. The maximum Gasteiger partial charge on any atom is 0.295 e. The van der Waals surface area contributed by atoms with Crippen LogP contribution in [0, 0.1) is 10.1 Å². The van der Waals surface area contributed by atoms with Crippen LogP contribution in [0.2, 0.25) is 5.02 Å². The summed E-state index contributed by atoms with van der Waals surface area (Å²) in [7, 11) is 0. The van der Waals surface area contributed by atoms with E-state index in [9.17, 15) is 29.9 Å². The van der Waals surface area contributed by atoms with Gasteiger partial charge in [-0.3, -0.25) is 19.7 Å². The number of Topliss-reactive ketones (excluding diaryl/α,β-unsaturated/α-hetero) is 1. The average molecular weight is 403 g/mol. The Labute approximate surface area is 164 Å². The van der Waals surface area contributed by atoms with E-state index in [4.69, 9.17) is 11.6 Å². The van der Waals surface area contributed by atoms with Crippen molar-refractivity contribution in [1.82, 2.24) is 4.90 Å². The van der Waals surface area contributed by atoms with E-state index in [0.29, 0.717) is 5.02 Å². The Hall–Kier alpha value is -3.23. The van der Waals surface area contributed by atoms with Crippen molar-refractivity contribution in [3.63, 3.8) is 0 Å². The number of carbonyl (C=O) groups is 2. The predicted octanol–water partition coefficient (Wildman–Crippen LogP) is 2.66. The molecule has 1 aliphatic heterocycles. The number of nitro benzene ring substituents is 1. The van der Waals surface area contributed by atoms with Crippen molar-refractivity contribution >= 4 is 34.7 Å². The van der Waals surface area contributed by atoms with Crippen molar-refractivity contribution in [2.24, 2.45) is 0 Å². The van der Waals surface area contributed by atoms with E-state index < -0.39 is 35.0 Å². The standard InChI is InChI=1S/C19H15ClN2O6/c20-13-6-4-11(5-7-13)17(24)15-16(21(8-9-23)19(26)18(15)25)12-2-1-3-14(10-12)22(27)28/h1-7,10,16,23-24H,8-9H2/t16-/m0/s1. The Balaban J connectivity index is 2.20. The third kappa shape index (κ3) is 3.47. The summed E-state index contributed by atoms with van der Waals surface area (Å²) in [6.45, 7) is -0.589. The Kier molecular flexibility index (Phi) is 5.43. The van der Waals surface area contributed by atoms with Gasteiger partial charge in [-0.1, -0.05) is 23.7 Å². The summed E-state index contributed by atoms with van der Waals surface area (Å²) in [5, 5.41) is 31.6. The molecule has 28 heavy (non-hydrogen) atoms. The second-order valence-electron chi connectivity index (χ2n) is 6.08. The number of nitrogens with zero attached hydrogens (tertiary/aromatic N) is 2. The van der Waals surface area contributed by atoms with Gasteiger partial charge in [-0.05, 0) is 29.8 Å². The van der Waals surface area contributed by atoms with Crippen LogP contribution in [0.15, 0.2) is 54.1 Å². The fourth-order valence-corrected chi connectivity index (χ4v) is 3.26. The van der Waals surface area contributed by atoms with Gasteiger partial charge in [-0.25, -0.2) is 0 Å². The first-order chi connectivity index (χ1) is 13.3. The minimum absolute atomic E-state index is 0.171. The van der Waals surface area contributed by atoms with E-state index in [1.54, 1.807) is 0 Å². The zero-order valence-electron chi connectivity index (χ0n) is 14.4. The predicted molar refractivity (Wildman–Crippen MR) is 101 cm³/mol. The molecule has 1 saturated heterocycles. The molecule has 1 aliphatic rings. The summed E-state index contributed by atoms with van der Waals surface area (Å²) in [6, 6.07) is 10.4. The van der Waals surface area contributed by atoms with Crippen LogP contribution >= 0.6 is 11.6 Å². The molecule has 8 nitrogen and oxygen atoms in total. The van der Waals surface area contributed by atoms with Gasteiger partial charge in [0.2, 0.25) is 0 Å². The minimum atomic E-state index is -1.07. The van der Waals surface area contributed by atoms with E-state index >= 15 is 0 Å². The normalized spacial score (nSPS) is 18.5. The van der Waals surface area contributed by atoms with Crippen molar-refractivity contribution in [2.75, 3.05) is 13.2 Å². The second kappa shape index (κ2) is 7.79. The Morgan fingerprint density at radius 2 is 1.86 bits per heavy atom. The van der Waals surface area contributed by atoms with Gasteiger partial charge in [0.1, 0.15) is 5.76 Å². The highest BCUT2D eigenvalue weighted by Crippen LogP contribution is 2.40. The SMILES string of the molecule is O=C1C(=O)N(CCO)[C@@H](c2cccc([N+](=O)[O-])c2)C1=C(O)c1ccc(Cl)cc1. The molecule has 0 aliphatic carbocycles. The number of ketones is 1. The highest BCUT2D eigenvalue weighted by atomic mass is 35.5. The van der Waals surface area contributed by atoms with Crippen LogP contribution in [0.5, 0.6) is 0 Å². The fourth-order valence-electron chi connectivity index (χ4n) is 3.14. The number of non-ortho nitro benzene ring substituents is 1. The highest BCUT2D eigenvalue weighted by Gasteiger charge is 2.46. The minimum Gasteiger partial charge on any atom is -0.507 e. The van der Waals surface area contributed by atoms with Crippen LogP contribution in [0.4, 0.5) is 5.69 Å². The molecule has 0 saturated carbocycles. The highest BCUT2D eigenvalue weighted by molar-refractivity contribution is 6.46. The van der Waals surface area contributed by atoms with Gasteiger partial charge >= 0.3 is 0 Å². The quantitative estimate of drug-likeness (QED) is 0.261. The molecule has 0 radical (unpaired) electrons. The van der Waals surface area contributed by atoms with Crippen LogP contribution in [0.1, 0.15) is 17.2 Å². The molecule has 0 unspecified atom stereocenters. The summed E-state index contributed by atoms with van der Waals surface area (Å²) in [5.74, 6) is -2.26. The monoisotopic (exact) mass is 402 g/mol. The van der Waals surface area contributed by atoms with Crippen molar-refractivity contribution in [1.29, 1.82) is 0 Å². The van der Waals surface area contributed by atoms with E-state index in [1.165, 1.54) is 48.5 Å². The number of rotatable bonds is 5. The summed E-state index contributed by atoms with van der Waals surface area (Å²) in [6.07, 6.45) is 0. The Morgan fingerprint density at radius 3 is 2.46 bits per heavy atom. The molecule has 144 valence electrons. The van der Waals surface area contributed by atoms with Gasteiger partial charge in [0.25, 0.3) is 17.4 Å². The largest absolute Gasteiger partial charge is 0.507 e. The molecule has 1 atom stereocenters. The summed E-state index contributed by atoms with van der Waals surface area (Å²) < 4.78 is 0. The van der Waals surface area contributed by atoms with Gasteiger partial charge in [0, 0.05) is 29.3 Å². The van der Waals surface area contributed by atoms with E-state index in [0.717, 1.165) is 4.90 Å². The molecular formula is C19H15ClN2O6. The van der Waals surface area contributed by atoms with Gasteiger partial charge < -0.3 is 15.1 Å². The molecular weight excluding hydrogens is 388 g/mol. The first-order valence-corrected chi connectivity index (χ1v) is 8.62. The van der Waals surface area contributed by atoms with Crippen molar-refractivity contribution in [3.8, 4) is 0 Å². The smallest absolute Gasteiger partial charge is 0.295 e. The molecule has 0 spiro atoms. The van der Waals surface area contributed by atoms with E-state index in [1.807, 2.05) is 0 Å². The molecule has 3 rings (SSSR count). The summed E-state index contributed by atoms with van der Waals surface area (Å²) in [5.41, 5.74) is 0.110. The number of hydrogen-bond acceptors (Lipinski definition) is 6. The number of benzene rings is 2. The van der Waals surface area contributed by atoms with Gasteiger partial charge in [-0.2, -0.15) is 0 Å². The molecule has 1 heterocycles. The lowest BCUT2D eigenvalue weighted by Crippen LogP contribution is -2.32. The first-order valence-electron chi connectivity index (χ1n) is 8.24. The molecule has 2 aromatic carbocycles. The maximum atomic E-state index is 12.6. The number of amides is 1. The average Bonchev–Trinajstić information content (AvgIpc) is 2.93. The lowest BCUT2D eigenvalue weighted by atomic mass is 9.95. The van der Waals surface area contributed by atoms with E-state index in [2.05, 4.69) is 0 Å². The number of aliphatic hydroxyl groups is 2. The zero-order chi connectivity index (χ0) is 20.4. The fraction of sp³-hybridized carbons (Fsp3) is 0.158. The number of halogens is 1. The van der Waals surface area contributed by atoms with Gasteiger partial charge in [0.15, 0.2) is 0 Å². The number of nitro groups is 1. The summed E-state index contributed by atoms with van der Waals surface area (Å²) >= 11 is 5.85. The van der Waals surface area contributed by atoms with Crippen molar-refractivity contribution < 1.29 is 24.7 Å². The number of likely N-dealkylation sites (tertiary alicyclic amines) is 1. The number of aliphatic hydroxyl groups excluding tert-OH is 2. The van der Waals surface area contributed by atoms with Crippen LogP contribution < -0.4 is 0 Å². The van der Waals surface area contributed by atoms with Crippen molar-refractivity contribution in [2.45, 2.75) is 6.04 Å². The van der Waals surface area contributed by atoms with Crippen LogP contribution in [-0.2, 0) is 9.59 Å². The molecule has 0 aromatic heterocycles. The lowest BCUT2D eigenvalue weighted by molar-refractivity contribution is -0.384. The molecule has 1 amide bonds. The molecule has 1 fully saturated rings. The molecule has 2 aromatic rings. The maximum absolute atomic E-state index is 12.6. The summed E-state index contributed by atoms with van der Waals surface area (Å²) in [4.78, 5) is 36.7. The first kappa shape index (κ1) is 19.5. The van der Waals surface area contributed by atoms with Crippen molar-refractivity contribution in [3.05, 3.63) is 80.4 Å². The third-order valence-corrected chi connectivity index (χ3v) is 4.65. The lowest BCUT2D eigenvalue weighted by Gasteiger charge is -2.24. The van der Waals surface area contributed by atoms with E-state index in [-0.39, 0.29) is 28.9 Å². The second-order valence-corrected chi connectivity index (χ2v) is 6.51. The number of β-amino-alcohol motifs (C(OH)–C–C–N with tert-alkyl or cyclic N) is 1. The third-order valence-electron chi connectivity index (χ3n) is 4.40. The zero-order valence-corrected chi connectivity index (χ0v) is 15.2. The molecule has 0 bridgehead atoms. The van der Waals surface area contributed by atoms with Gasteiger partial charge in [-0.15, -0.1) is 0 Å². The molecule has 2 N–H and O–H groups in total. The Bertz CT molecular complexity index is 986. The number of carbonyl (C=O) groups excluding carboxylic acids is 2.